The van der Waals surface area contributed by atoms with Crippen molar-refractivity contribution in [3.05, 3.63) is 101 Å². The van der Waals surface area contributed by atoms with Crippen molar-refractivity contribution in [1.29, 1.82) is 10.7 Å². The standard InChI is InChI=1S/C37H34ClF5N8O3/c1-34(2,3)19-36(25-11-8-23(9-12-25)22-6-4-21(17-44)5-7-22)31(52)50(32(45)48-36)28(18-54-33(53)49-35(14-15-35)37(41,42)43)24-10-13-26(38)27(16-24)51-30(29(39)40)46-20-47-51/h4-13,16,20,28-29H,14-15,18-19H2,1-3H3,(H2,45,48)(H,49,53)/t28-,36-/m1/s1. The van der Waals surface area contributed by atoms with Crippen LogP contribution in [0.2, 0.25) is 5.02 Å². The van der Waals surface area contributed by atoms with Crippen LogP contribution in [0.1, 0.15) is 75.0 Å². The van der Waals surface area contributed by atoms with Crippen LogP contribution in [-0.4, -0.2) is 55.9 Å². The van der Waals surface area contributed by atoms with Crippen molar-refractivity contribution in [2.75, 3.05) is 6.61 Å². The summed E-state index contributed by atoms with van der Waals surface area (Å²) in [4.78, 5) is 32.4. The molecule has 3 aromatic carbocycles. The number of hydrogen-bond acceptors (Lipinski definition) is 7. The van der Waals surface area contributed by atoms with Crippen LogP contribution in [0.15, 0.2) is 73.1 Å². The van der Waals surface area contributed by atoms with Crippen molar-refractivity contribution in [3.63, 3.8) is 0 Å². The van der Waals surface area contributed by atoms with Gasteiger partial charge in [0, 0.05) is 0 Å². The van der Waals surface area contributed by atoms with E-state index in [1.165, 1.54) is 18.2 Å². The molecule has 2 aliphatic rings. The van der Waals surface area contributed by atoms with Gasteiger partial charge >= 0.3 is 12.3 Å². The van der Waals surface area contributed by atoms with E-state index in [4.69, 9.17) is 21.7 Å². The van der Waals surface area contributed by atoms with Gasteiger partial charge in [0.25, 0.3) is 12.3 Å². The van der Waals surface area contributed by atoms with E-state index in [-0.39, 0.29) is 35.5 Å². The number of halogens is 6. The van der Waals surface area contributed by atoms with Crippen LogP contribution in [0.3, 0.4) is 0 Å². The van der Waals surface area contributed by atoms with Gasteiger partial charge in [0.15, 0.2) is 11.8 Å². The first-order chi connectivity index (χ1) is 25.4. The first kappa shape index (κ1) is 38.2. The lowest BCUT2D eigenvalue weighted by Crippen LogP contribution is -2.49. The molecule has 6 rings (SSSR count). The molecule has 1 aromatic heterocycles. The van der Waals surface area contributed by atoms with Crippen LogP contribution >= 0.6 is 11.6 Å². The van der Waals surface area contributed by atoms with Crippen LogP contribution in [-0.2, 0) is 15.1 Å². The maximum atomic E-state index is 14.9. The fraction of sp³-hybridized carbons (Fsp3) is 0.351. The molecule has 2 amide bonds. The van der Waals surface area contributed by atoms with E-state index in [9.17, 15) is 36.8 Å². The second kappa shape index (κ2) is 14.0. The van der Waals surface area contributed by atoms with Crippen molar-refractivity contribution in [2.24, 2.45) is 5.41 Å². The van der Waals surface area contributed by atoms with Gasteiger partial charge in [-0.15, -0.1) is 0 Å². The number of carbonyl (C=O) groups is 2. The summed E-state index contributed by atoms with van der Waals surface area (Å²) in [5.74, 6) is -1.78. The first-order valence-electron chi connectivity index (χ1n) is 16.7. The summed E-state index contributed by atoms with van der Waals surface area (Å²) in [5.41, 5.74) is -1.84. The molecule has 0 radical (unpaired) electrons. The van der Waals surface area contributed by atoms with E-state index in [2.05, 4.69) is 21.5 Å². The smallest absolute Gasteiger partial charge is 0.411 e. The highest BCUT2D eigenvalue weighted by molar-refractivity contribution is 6.32. The number of guanidine groups is 1. The monoisotopic (exact) mass is 768 g/mol. The van der Waals surface area contributed by atoms with Crippen LogP contribution in [0.5, 0.6) is 0 Å². The minimum atomic E-state index is -4.73. The number of benzene rings is 3. The Morgan fingerprint density at radius 1 is 1.07 bits per heavy atom. The van der Waals surface area contributed by atoms with Gasteiger partial charge in [-0.05, 0) is 71.2 Å². The second-order valence-corrected chi connectivity index (χ2v) is 14.8. The Morgan fingerprint density at radius 3 is 2.26 bits per heavy atom. The molecule has 11 nitrogen and oxygen atoms in total. The number of nitrogens with zero attached hydrogens (tertiary/aromatic N) is 5. The highest BCUT2D eigenvalue weighted by atomic mass is 35.5. The molecule has 1 aliphatic carbocycles. The fourth-order valence-corrected chi connectivity index (χ4v) is 6.81. The van der Waals surface area contributed by atoms with E-state index < -0.39 is 65.5 Å². The highest BCUT2D eigenvalue weighted by Gasteiger charge is 2.64. The minimum absolute atomic E-state index is 0.0326. The molecule has 2 atom stereocenters. The number of carbonyl (C=O) groups excluding carboxylic acids is 2. The lowest BCUT2D eigenvalue weighted by Gasteiger charge is -2.35. The number of amides is 2. The molecule has 2 fully saturated rings. The predicted molar refractivity (Wildman–Crippen MR) is 187 cm³/mol. The Kier molecular flexibility index (Phi) is 9.91. The molecule has 2 heterocycles. The third-order valence-electron chi connectivity index (χ3n) is 9.35. The number of nitriles is 1. The number of nitrogens with one attached hydrogen (secondary N) is 3. The summed E-state index contributed by atoms with van der Waals surface area (Å²) in [6.07, 6.45) is -8.77. The number of ether oxygens (including phenoxy) is 1. The number of hydrogen-bond donors (Lipinski definition) is 3. The summed E-state index contributed by atoms with van der Waals surface area (Å²) in [7, 11) is 0. The molecule has 54 heavy (non-hydrogen) atoms. The van der Waals surface area contributed by atoms with Gasteiger partial charge in [-0.25, -0.2) is 23.2 Å². The second-order valence-electron chi connectivity index (χ2n) is 14.4. The van der Waals surface area contributed by atoms with E-state index >= 15 is 0 Å². The Labute approximate surface area is 311 Å². The summed E-state index contributed by atoms with van der Waals surface area (Å²) >= 11 is 6.42. The van der Waals surface area contributed by atoms with Crippen LogP contribution < -0.4 is 10.6 Å². The molecule has 1 aliphatic heterocycles. The Hall–Kier alpha value is -5.56. The van der Waals surface area contributed by atoms with Crippen molar-refractivity contribution in [2.45, 2.75) is 69.8 Å². The lowest BCUT2D eigenvalue weighted by atomic mass is 9.75. The van der Waals surface area contributed by atoms with Crippen LogP contribution in [0, 0.1) is 22.2 Å². The molecule has 0 bridgehead atoms. The molecule has 17 heteroatoms. The van der Waals surface area contributed by atoms with E-state index in [0.29, 0.717) is 11.1 Å². The van der Waals surface area contributed by atoms with Crippen molar-refractivity contribution < 1.29 is 36.3 Å². The van der Waals surface area contributed by atoms with Gasteiger partial charge in [-0.2, -0.15) is 23.5 Å². The summed E-state index contributed by atoms with van der Waals surface area (Å²) < 4.78 is 74.8. The lowest BCUT2D eigenvalue weighted by molar-refractivity contribution is -0.164. The number of alkyl carbamates (subject to hydrolysis) is 1. The highest BCUT2D eigenvalue weighted by Crippen LogP contribution is 2.49. The van der Waals surface area contributed by atoms with Crippen molar-refractivity contribution in [1.82, 2.24) is 30.3 Å². The van der Waals surface area contributed by atoms with Gasteiger partial charge in [0.05, 0.1) is 28.4 Å². The molecular weight excluding hydrogens is 735 g/mol. The SMILES string of the molecule is CC(C)(C)C[C@]1(c2ccc(-c3ccc(C#N)cc3)cc2)NC(=N)N([C@H](COC(=O)NC2(C(F)(F)F)CC2)c2ccc(Cl)c(-n3ncnc3C(F)F)c2)C1=O. The molecule has 1 saturated carbocycles. The Morgan fingerprint density at radius 2 is 1.70 bits per heavy atom. The summed E-state index contributed by atoms with van der Waals surface area (Å²) in [6.45, 7) is 4.98. The molecular formula is C37H34ClF5N8O3. The maximum absolute atomic E-state index is 14.9. The third kappa shape index (κ3) is 7.32. The van der Waals surface area contributed by atoms with Crippen molar-refractivity contribution >= 4 is 29.6 Å². The summed E-state index contributed by atoms with van der Waals surface area (Å²) in [6, 6.07) is 18.8. The number of aromatic nitrogens is 3. The molecule has 282 valence electrons. The average Bonchev–Trinajstić information content (AvgIpc) is 3.66. The molecule has 1 saturated heterocycles. The van der Waals surface area contributed by atoms with Gasteiger partial charge in [-0.1, -0.05) is 74.8 Å². The molecule has 0 spiro atoms. The zero-order valence-corrected chi connectivity index (χ0v) is 29.9. The fourth-order valence-electron chi connectivity index (χ4n) is 6.61. The van der Waals surface area contributed by atoms with Crippen molar-refractivity contribution in [3.8, 4) is 22.9 Å². The topological polar surface area (TPSA) is 149 Å². The zero-order chi connectivity index (χ0) is 39.2. The molecule has 4 aromatic rings. The maximum Gasteiger partial charge on any atom is 0.411 e. The van der Waals surface area contributed by atoms with Gasteiger partial charge in [-0.3, -0.25) is 15.1 Å². The van der Waals surface area contributed by atoms with Crippen LogP contribution in [0.25, 0.3) is 16.8 Å². The Bertz CT molecular complexity index is 2120. The average molecular weight is 769 g/mol. The Balaban J connectivity index is 1.40. The van der Waals surface area contributed by atoms with E-state index in [0.717, 1.165) is 27.0 Å². The number of alkyl halides is 5. The normalized spacial score (nSPS) is 18.6. The van der Waals surface area contributed by atoms with Crippen LogP contribution in [0.4, 0.5) is 26.7 Å². The molecule has 0 unspecified atom stereocenters. The first-order valence-corrected chi connectivity index (χ1v) is 17.1. The van der Waals surface area contributed by atoms with E-state index in [1.807, 2.05) is 26.1 Å². The largest absolute Gasteiger partial charge is 0.447 e. The quantitative estimate of drug-likeness (QED) is 0.139. The predicted octanol–water partition coefficient (Wildman–Crippen LogP) is 7.96. The number of rotatable bonds is 10. The van der Waals surface area contributed by atoms with Gasteiger partial charge in [0.1, 0.15) is 24.0 Å². The van der Waals surface area contributed by atoms with E-state index in [1.54, 1.807) is 48.5 Å². The zero-order valence-electron chi connectivity index (χ0n) is 29.1. The molecule has 3 N–H and O–H groups in total. The van der Waals surface area contributed by atoms with Gasteiger partial charge in [0.2, 0.25) is 0 Å². The van der Waals surface area contributed by atoms with Gasteiger partial charge < -0.3 is 15.4 Å². The summed E-state index contributed by atoms with van der Waals surface area (Å²) in [5, 5.41) is 27.1. The third-order valence-corrected chi connectivity index (χ3v) is 9.67. The minimum Gasteiger partial charge on any atom is -0.447 e.